The van der Waals surface area contributed by atoms with E-state index in [1.807, 2.05) is 17.0 Å². The van der Waals surface area contributed by atoms with E-state index in [1.165, 1.54) is 11.1 Å². The lowest BCUT2D eigenvalue weighted by atomic mass is 9.75. The summed E-state index contributed by atoms with van der Waals surface area (Å²) in [6, 6.07) is 5.77. The number of carbonyl (C=O) groups is 1. The van der Waals surface area contributed by atoms with Gasteiger partial charge in [-0.1, -0.05) is 12.1 Å². The monoisotopic (exact) mass is 300 g/mol. The van der Waals surface area contributed by atoms with Crippen LogP contribution >= 0.6 is 0 Å². The fourth-order valence-electron chi connectivity index (χ4n) is 4.82. The first kappa shape index (κ1) is 9.71. The van der Waals surface area contributed by atoms with E-state index in [1.54, 1.807) is 4.90 Å². The van der Waals surface area contributed by atoms with Crippen molar-refractivity contribution in [2.24, 2.45) is 5.92 Å². The third kappa shape index (κ3) is 1.81. The molecule has 1 aromatic rings. The second-order valence-corrected chi connectivity index (χ2v) is 7.09. The number of fused-ring (bicyclic) bond motifs is 3. The largest absolute Gasteiger partial charge is 0.333 e. The minimum Gasteiger partial charge on any atom is -0.333 e. The molecule has 0 radical (unpaired) electrons. The van der Waals surface area contributed by atoms with Crippen LogP contribution in [0.5, 0.6) is 0 Å². The molecule has 0 N–H and O–H groups in total. The van der Waals surface area contributed by atoms with Gasteiger partial charge >= 0.3 is 0 Å². The molecule has 2 bridgehead atoms. The lowest BCUT2D eigenvalue weighted by Crippen LogP contribution is -2.60. The van der Waals surface area contributed by atoms with Crippen LogP contribution in [0.4, 0.5) is 0 Å². The van der Waals surface area contributed by atoms with Crippen molar-refractivity contribution in [1.29, 1.82) is 0 Å². The van der Waals surface area contributed by atoms with Gasteiger partial charge in [0.15, 0.2) is 0 Å². The fraction of sp³-hybridized carbons (Fsp3) is 0.632. The fourth-order valence-corrected chi connectivity index (χ4v) is 4.82. The van der Waals surface area contributed by atoms with Crippen LogP contribution in [-0.4, -0.2) is 47.9 Å². The molecule has 1 unspecified atom stereocenters. The van der Waals surface area contributed by atoms with E-state index in [4.69, 9.17) is 5.48 Å². The van der Waals surface area contributed by atoms with Gasteiger partial charge in [-0.3, -0.25) is 4.79 Å². The number of rotatable bonds is 1. The van der Waals surface area contributed by atoms with Crippen LogP contribution in [0.15, 0.2) is 18.2 Å². The highest BCUT2D eigenvalue weighted by molar-refractivity contribution is 5.97. The topological polar surface area (TPSA) is 23.6 Å². The van der Waals surface area contributed by atoms with Crippen molar-refractivity contribution >= 4 is 5.91 Å². The Kier molecular flexibility index (Phi) is 2.13. The van der Waals surface area contributed by atoms with Crippen molar-refractivity contribution in [2.75, 3.05) is 26.1 Å². The van der Waals surface area contributed by atoms with Gasteiger partial charge in [0.1, 0.15) is 0 Å². The maximum Gasteiger partial charge on any atom is 0.254 e. The maximum atomic E-state index is 13.3. The maximum absolute atomic E-state index is 13.3. The molecule has 3 heteroatoms. The summed E-state index contributed by atoms with van der Waals surface area (Å²) in [6.07, 6.45) is 1.91. The molecule has 4 heterocycles. The SMILES string of the molecule is [2H]C1([2H])[C@@H]2CCN(C[C@H]2N2C[C@H]3CCCc4cccc(c43)C2=O)C1([2H])[2H]. The predicted octanol–water partition coefficient (Wildman–Crippen LogP) is 2.66. The van der Waals surface area contributed by atoms with Crippen molar-refractivity contribution in [3.8, 4) is 0 Å². The van der Waals surface area contributed by atoms with E-state index in [0.717, 1.165) is 24.8 Å². The van der Waals surface area contributed by atoms with E-state index >= 15 is 0 Å². The van der Waals surface area contributed by atoms with Crippen LogP contribution in [-0.2, 0) is 6.42 Å². The average Bonchev–Trinajstić information content (AvgIpc) is 2.62. The van der Waals surface area contributed by atoms with Gasteiger partial charge in [0.05, 0.1) is 0 Å². The Balaban J connectivity index is 1.54. The first-order valence-corrected chi connectivity index (χ1v) is 8.50. The Morgan fingerprint density at radius 2 is 2.18 bits per heavy atom. The molecular weight excluding hydrogens is 272 g/mol. The molecule has 0 spiro atoms. The highest BCUT2D eigenvalue weighted by Crippen LogP contribution is 2.41. The lowest BCUT2D eigenvalue weighted by molar-refractivity contribution is 0.00258. The summed E-state index contributed by atoms with van der Waals surface area (Å²) in [6.45, 7) is -0.303. The molecule has 22 heavy (non-hydrogen) atoms. The van der Waals surface area contributed by atoms with E-state index in [9.17, 15) is 4.79 Å². The van der Waals surface area contributed by atoms with Gasteiger partial charge in [0, 0.05) is 36.1 Å². The molecule has 4 aliphatic heterocycles. The van der Waals surface area contributed by atoms with Crippen LogP contribution in [0.25, 0.3) is 0 Å². The third-order valence-corrected chi connectivity index (χ3v) is 5.90. The molecule has 5 aliphatic rings. The lowest BCUT2D eigenvalue weighted by Gasteiger charge is -2.51. The van der Waals surface area contributed by atoms with Crippen LogP contribution in [0.2, 0.25) is 0 Å². The number of hydrogen-bond acceptors (Lipinski definition) is 2. The summed E-state index contributed by atoms with van der Waals surface area (Å²) in [5.41, 5.74) is 3.31. The van der Waals surface area contributed by atoms with Gasteiger partial charge in [-0.25, -0.2) is 0 Å². The third-order valence-electron chi connectivity index (χ3n) is 5.90. The molecule has 3 nitrogen and oxygen atoms in total. The number of piperidine rings is 3. The zero-order valence-electron chi connectivity index (χ0n) is 16.7. The summed E-state index contributed by atoms with van der Waals surface area (Å²) in [7, 11) is 0. The number of benzene rings is 1. The quantitative estimate of drug-likeness (QED) is 0.796. The van der Waals surface area contributed by atoms with Gasteiger partial charge in [-0.15, -0.1) is 0 Å². The Morgan fingerprint density at radius 1 is 1.23 bits per heavy atom. The van der Waals surface area contributed by atoms with Crippen molar-refractivity contribution in [2.45, 2.75) is 44.0 Å². The zero-order chi connectivity index (χ0) is 18.3. The Labute approximate surface area is 137 Å². The van der Waals surface area contributed by atoms with Gasteiger partial charge in [0.25, 0.3) is 5.91 Å². The highest BCUT2D eigenvalue weighted by atomic mass is 16.2. The number of aryl methyl sites for hydroxylation is 1. The Morgan fingerprint density at radius 3 is 3.09 bits per heavy atom. The summed E-state index contributed by atoms with van der Waals surface area (Å²) in [5.74, 6) is -0.0967. The second kappa shape index (κ2) is 4.82. The second-order valence-electron chi connectivity index (χ2n) is 7.09. The van der Waals surface area contributed by atoms with Crippen molar-refractivity contribution < 1.29 is 10.3 Å². The molecule has 3 saturated heterocycles. The van der Waals surface area contributed by atoms with Crippen molar-refractivity contribution in [1.82, 2.24) is 9.80 Å². The van der Waals surface area contributed by atoms with Gasteiger partial charge in [-0.05, 0) is 68.2 Å². The standard InChI is InChI=1S/C19H24N2O/c22-19-16-6-2-4-14-3-1-5-15(18(14)16)11-21(19)17-12-20-9-7-13(17)8-10-20/h2,4,6,13,15,17H,1,3,5,7-12H2/t15-,17-/m1/s1/i7D2,9D2/t13-,15-,17-. The first-order valence-electron chi connectivity index (χ1n) is 10.5. The molecular formula is C19H24N2O. The summed E-state index contributed by atoms with van der Waals surface area (Å²) >= 11 is 0. The number of carbonyl (C=O) groups excluding carboxylic acids is 1. The number of hydrogen-bond donors (Lipinski definition) is 0. The minimum absolute atomic E-state index is 0.00936. The molecule has 4 atom stereocenters. The minimum atomic E-state index is -1.96. The molecule has 1 amide bonds. The summed E-state index contributed by atoms with van der Waals surface area (Å²) in [5, 5.41) is 0. The highest BCUT2D eigenvalue weighted by Gasteiger charge is 2.43. The Bertz CT molecular complexity index is 781. The number of nitrogens with zero attached hydrogens (tertiary/aromatic N) is 2. The van der Waals surface area contributed by atoms with E-state index in [0.29, 0.717) is 32.0 Å². The van der Waals surface area contributed by atoms with Gasteiger partial charge < -0.3 is 9.80 Å². The molecule has 6 rings (SSSR count). The molecule has 0 aromatic heterocycles. The van der Waals surface area contributed by atoms with E-state index in [-0.39, 0.29) is 11.9 Å². The molecule has 116 valence electrons. The van der Waals surface area contributed by atoms with Crippen molar-refractivity contribution in [3.05, 3.63) is 34.9 Å². The number of amides is 1. The Hall–Kier alpha value is -1.35. The molecule has 3 fully saturated rings. The molecule has 0 saturated carbocycles. The predicted molar refractivity (Wildman–Crippen MR) is 86.1 cm³/mol. The molecule has 1 aromatic carbocycles. The zero-order valence-corrected chi connectivity index (χ0v) is 12.7. The first-order chi connectivity index (χ1) is 12.3. The smallest absolute Gasteiger partial charge is 0.254 e. The van der Waals surface area contributed by atoms with E-state index in [2.05, 4.69) is 6.07 Å². The van der Waals surface area contributed by atoms with E-state index < -0.39 is 18.8 Å². The average molecular weight is 300 g/mol. The van der Waals surface area contributed by atoms with Gasteiger partial charge in [0.2, 0.25) is 0 Å². The van der Waals surface area contributed by atoms with Crippen LogP contribution < -0.4 is 0 Å². The summed E-state index contributed by atoms with van der Waals surface area (Å²) in [4.78, 5) is 16.8. The molecule has 1 aliphatic carbocycles. The van der Waals surface area contributed by atoms with Crippen LogP contribution in [0.3, 0.4) is 0 Å². The van der Waals surface area contributed by atoms with Gasteiger partial charge in [-0.2, -0.15) is 0 Å². The van der Waals surface area contributed by atoms with Crippen LogP contribution in [0, 0.1) is 5.92 Å². The van der Waals surface area contributed by atoms with Crippen LogP contribution in [0.1, 0.15) is 58.5 Å². The van der Waals surface area contributed by atoms with Crippen molar-refractivity contribution in [3.63, 3.8) is 0 Å². The summed E-state index contributed by atoms with van der Waals surface area (Å²) < 4.78 is 33.3. The normalized spacial score (nSPS) is 43.6.